The zero-order chi connectivity index (χ0) is 27.1. The first-order chi connectivity index (χ1) is 18.2. The van der Waals surface area contributed by atoms with Crippen molar-refractivity contribution in [3.05, 3.63) is 71.3 Å². The zero-order valence-corrected chi connectivity index (χ0v) is 22.6. The van der Waals surface area contributed by atoms with E-state index in [2.05, 4.69) is 25.0 Å². The van der Waals surface area contributed by atoms with E-state index in [4.69, 9.17) is 16.0 Å². The molecule has 198 valence electrons. The summed E-state index contributed by atoms with van der Waals surface area (Å²) in [6.45, 7) is 17.3. The van der Waals surface area contributed by atoms with Crippen molar-refractivity contribution in [1.82, 2.24) is 15.3 Å². The number of anilines is 1. The summed E-state index contributed by atoms with van der Waals surface area (Å²) in [6, 6.07) is 15.4. The van der Waals surface area contributed by atoms with Crippen LogP contribution >= 0.6 is 0 Å². The van der Waals surface area contributed by atoms with Crippen LogP contribution in [0.15, 0.2) is 48.5 Å². The third kappa shape index (κ3) is 7.45. The van der Waals surface area contributed by atoms with Gasteiger partial charge in [0, 0.05) is 31.3 Å². The highest BCUT2D eigenvalue weighted by Crippen LogP contribution is 2.37. The smallest absolute Gasteiger partial charge is 0.407 e. The van der Waals surface area contributed by atoms with Crippen LogP contribution in [0, 0.1) is 13.5 Å². The molecule has 1 aromatic heterocycles. The molecular weight excluding hydrogens is 478 g/mol. The van der Waals surface area contributed by atoms with Gasteiger partial charge in [0.2, 0.25) is 5.88 Å². The molecule has 38 heavy (non-hydrogen) atoms. The Morgan fingerprint density at radius 3 is 2.47 bits per heavy atom. The van der Waals surface area contributed by atoms with Gasteiger partial charge in [-0.2, -0.15) is 4.98 Å². The molecule has 8 heteroatoms. The standard InChI is InChI=1S/C30H35N5O3/c1-21-33-27(35-17-7-6-8-18-35)20-28(34-21)37-26-19-24(31-5)13-14-25(26)23-11-9-22(10-12-23)15-16-32-29(36)38-30(2,3)4/h9-14,19-20H,6-8,15-18H2,1-4H3,(H,32,36). The Morgan fingerprint density at radius 1 is 1.05 bits per heavy atom. The van der Waals surface area contributed by atoms with E-state index >= 15 is 0 Å². The summed E-state index contributed by atoms with van der Waals surface area (Å²) in [6.07, 6.45) is 3.82. The van der Waals surface area contributed by atoms with Crippen LogP contribution in [0.25, 0.3) is 16.0 Å². The second-order valence-corrected chi connectivity index (χ2v) is 10.4. The molecule has 3 aromatic rings. The molecule has 1 saturated heterocycles. The lowest BCUT2D eigenvalue weighted by Crippen LogP contribution is -2.33. The molecule has 0 radical (unpaired) electrons. The molecule has 2 heterocycles. The van der Waals surface area contributed by atoms with Crippen LogP contribution in [0.2, 0.25) is 0 Å². The van der Waals surface area contributed by atoms with Gasteiger partial charge in [-0.05, 0) is 70.6 Å². The number of ether oxygens (including phenoxy) is 2. The van der Waals surface area contributed by atoms with E-state index < -0.39 is 11.7 Å². The maximum Gasteiger partial charge on any atom is 0.407 e. The number of piperidine rings is 1. The zero-order valence-electron chi connectivity index (χ0n) is 22.6. The lowest BCUT2D eigenvalue weighted by Gasteiger charge is -2.28. The Morgan fingerprint density at radius 2 is 1.79 bits per heavy atom. The molecule has 1 N–H and O–H groups in total. The van der Waals surface area contributed by atoms with Crippen molar-refractivity contribution in [2.24, 2.45) is 0 Å². The normalized spacial score (nSPS) is 13.5. The molecule has 0 spiro atoms. The van der Waals surface area contributed by atoms with E-state index in [1.807, 2.05) is 64.1 Å². The molecule has 1 aliphatic rings. The van der Waals surface area contributed by atoms with Crippen LogP contribution in [0.4, 0.5) is 16.3 Å². The number of nitrogens with zero attached hydrogens (tertiary/aromatic N) is 4. The Labute approximate surface area is 224 Å². The summed E-state index contributed by atoms with van der Waals surface area (Å²) in [4.78, 5) is 26.9. The Kier molecular flexibility index (Phi) is 8.47. The molecule has 1 aliphatic heterocycles. The quantitative estimate of drug-likeness (QED) is 0.348. The van der Waals surface area contributed by atoms with Crippen LogP contribution in [0.1, 0.15) is 51.4 Å². The predicted octanol–water partition coefficient (Wildman–Crippen LogP) is 6.85. The molecule has 1 amide bonds. The molecule has 0 atom stereocenters. The van der Waals surface area contributed by atoms with Crippen LogP contribution in [-0.4, -0.2) is 41.3 Å². The first-order valence-corrected chi connectivity index (χ1v) is 13.1. The van der Waals surface area contributed by atoms with E-state index in [1.54, 1.807) is 12.1 Å². The van der Waals surface area contributed by atoms with Crippen LogP contribution in [-0.2, 0) is 11.2 Å². The highest BCUT2D eigenvalue weighted by Gasteiger charge is 2.17. The minimum atomic E-state index is -0.520. The van der Waals surface area contributed by atoms with Gasteiger partial charge in [-0.15, -0.1) is 0 Å². The van der Waals surface area contributed by atoms with Crippen molar-refractivity contribution in [1.29, 1.82) is 0 Å². The van der Waals surface area contributed by atoms with E-state index in [9.17, 15) is 4.79 Å². The first kappa shape index (κ1) is 26.9. The first-order valence-electron chi connectivity index (χ1n) is 13.1. The number of amides is 1. The number of aryl methyl sites for hydroxylation is 1. The number of carbonyl (C=O) groups is 1. The summed E-state index contributed by atoms with van der Waals surface area (Å²) in [5, 5.41) is 2.79. The number of benzene rings is 2. The monoisotopic (exact) mass is 513 g/mol. The second kappa shape index (κ2) is 12.0. The fourth-order valence-corrected chi connectivity index (χ4v) is 4.35. The SMILES string of the molecule is [C-]#[N+]c1ccc(-c2ccc(CCNC(=O)OC(C)(C)C)cc2)c(Oc2cc(N3CCCCC3)nc(C)n2)c1. The van der Waals surface area contributed by atoms with Gasteiger partial charge >= 0.3 is 6.09 Å². The molecule has 0 bridgehead atoms. The van der Waals surface area contributed by atoms with Crippen LogP contribution in [0.3, 0.4) is 0 Å². The Balaban J connectivity index is 1.50. The minimum Gasteiger partial charge on any atom is -0.444 e. The van der Waals surface area contributed by atoms with Gasteiger partial charge in [0.25, 0.3) is 0 Å². The van der Waals surface area contributed by atoms with E-state index in [1.165, 1.54) is 6.42 Å². The topological polar surface area (TPSA) is 80.9 Å². The molecule has 8 nitrogen and oxygen atoms in total. The summed E-state index contributed by atoms with van der Waals surface area (Å²) in [5.41, 5.74) is 2.89. The number of rotatable bonds is 7. The van der Waals surface area contributed by atoms with Crippen LogP contribution in [0.5, 0.6) is 11.6 Å². The van der Waals surface area contributed by atoms with Crippen molar-refractivity contribution >= 4 is 17.6 Å². The number of alkyl carbamates (subject to hydrolysis) is 1. The molecule has 1 fully saturated rings. The molecular formula is C30H35N5O3. The summed E-state index contributed by atoms with van der Waals surface area (Å²) in [5.74, 6) is 2.56. The summed E-state index contributed by atoms with van der Waals surface area (Å²) >= 11 is 0. The van der Waals surface area contributed by atoms with Crippen molar-refractivity contribution in [2.75, 3.05) is 24.5 Å². The summed E-state index contributed by atoms with van der Waals surface area (Å²) < 4.78 is 11.6. The number of hydrogen-bond acceptors (Lipinski definition) is 6. The third-order valence-electron chi connectivity index (χ3n) is 6.14. The molecule has 0 saturated carbocycles. The fourth-order valence-electron chi connectivity index (χ4n) is 4.35. The Bertz CT molecular complexity index is 1300. The van der Waals surface area contributed by atoms with Gasteiger partial charge in [-0.3, -0.25) is 0 Å². The third-order valence-corrected chi connectivity index (χ3v) is 6.14. The lowest BCUT2D eigenvalue weighted by atomic mass is 10.0. The number of hydrogen-bond donors (Lipinski definition) is 1. The predicted molar refractivity (Wildman–Crippen MR) is 149 cm³/mol. The van der Waals surface area contributed by atoms with E-state index in [0.717, 1.165) is 48.4 Å². The Hall–Kier alpha value is -4.12. The second-order valence-electron chi connectivity index (χ2n) is 10.4. The largest absolute Gasteiger partial charge is 0.444 e. The highest BCUT2D eigenvalue weighted by atomic mass is 16.6. The van der Waals surface area contributed by atoms with Gasteiger partial charge in [-0.1, -0.05) is 36.4 Å². The lowest BCUT2D eigenvalue weighted by molar-refractivity contribution is 0.0528. The highest BCUT2D eigenvalue weighted by molar-refractivity contribution is 5.74. The fraction of sp³-hybridized carbons (Fsp3) is 0.400. The van der Waals surface area contributed by atoms with Gasteiger partial charge in [0.1, 0.15) is 23.0 Å². The molecule has 2 aromatic carbocycles. The van der Waals surface area contributed by atoms with Gasteiger partial charge < -0.3 is 19.7 Å². The van der Waals surface area contributed by atoms with Crippen molar-refractivity contribution < 1.29 is 14.3 Å². The van der Waals surface area contributed by atoms with E-state index in [0.29, 0.717) is 36.1 Å². The maximum absolute atomic E-state index is 11.9. The average molecular weight is 514 g/mol. The van der Waals surface area contributed by atoms with Gasteiger partial charge in [-0.25, -0.2) is 14.6 Å². The van der Waals surface area contributed by atoms with Crippen molar-refractivity contribution in [2.45, 2.75) is 59.0 Å². The minimum absolute atomic E-state index is 0.417. The number of carbonyl (C=O) groups excluding carboxylic acids is 1. The van der Waals surface area contributed by atoms with Gasteiger partial charge in [0.15, 0.2) is 5.69 Å². The molecule has 4 rings (SSSR count). The van der Waals surface area contributed by atoms with Gasteiger partial charge in [0.05, 0.1) is 6.57 Å². The number of aromatic nitrogens is 2. The van der Waals surface area contributed by atoms with Crippen molar-refractivity contribution in [3.8, 4) is 22.8 Å². The van der Waals surface area contributed by atoms with Crippen LogP contribution < -0.4 is 15.0 Å². The molecule has 0 aliphatic carbocycles. The number of nitrogens with one attached hydrogen (secondary N) is 1. The van der Waals surface area contributed by atoms with E-state index in [-0.39, 0.29) is 0 Å². The summed E-state index contributed by atoms with van der Waals surface area (Å²) in [7, 11) is 0. The maximum atomic E-state index is 11.9. The van der Waals surface area contributed by atoms with Crippen molar-refractivity contribution in [3.63, 3.8) is 0 Å². The average Bonchev–Trinajstić information content (AvgIpc) is 2.88. The molecule has 0 unspecified atom stereocenters.